The van der Waals surface area contributed by atoms with Crippen molar-refractivity contribution in [2.75, 3.05) is 6.61 Å². The average Bonchev–Trinajstić information content (AvgIpc) is 2.45. The van der Waals surface area contributed by atoms with E-state index in [1.54, 1.807) is 26.8 Å². The van der Waals surface area contributed by atoms with Gasteiger partial charge in [0.05, 0.1) is 12.7 Å². The molecule has 0 aliphatic heterocycles. The molecule has 0 fully saturated rings. The molecule has 0 aliphatic rings. The monoisotopic (exact) mass is 396 g/mol. The van der Waals surface area contributed by atoms with Gasteiger partial charge < -0.3 is 9.47 Å². The van der Waals surface area contributed by atoms with Gasteiger partial charge in [0.2, 0.25) is 0 Å². The van der Waals surface area contributed by atoms with Crippen LogP contribution in [0.4, 0.5) is 0 Å². The van der Waals surface area contributed by atoms with Gasteiger partial charge in [-0.1, -0.05) is 34.1 Å². The highest BCUT2D eigenvalue weighted by molar-refractivity contribution is 9.10. The van der Waals surface area contributed by atoms with E-state index >= 15 is 0 Å². The zero-order chi connectivity index (χ0) is 18.2. The second-order valence-corrected chi connectivity index (χ2v) is 7.40. The molecule has 5 heteroatoms. The Balaban J connectivity index is 2.45. The molecule has 1 rings (SSSR count). The van der Waals surface area contributed by atoms with Crippen LogP contribution in [-0.4, -0.2) is 24.0 Å². The highest BCUT2D eigenvalue weighted by Crippen LogP contribution is 2.23. The fourth-order valence-electron chi connectivity index (χ4n) is 2.07. The van der Waals surface area contributed by atoms with E-state index in [4.69, 9.17) is 9.47 Å². The molecule has 1 aromatic rings. The molecule has 0 N–H and O–H groups in total. The summed E-state index contributed by atoms with van der Waals surface area (Å²) in [7, 11) is 0. The Morgan fingerprint density at radius 2 is 1.88 bits per heavy atom. The van der Waals surface area contributed by atoms with Crippen LogP contribution < -0.4 is 0 Å². The minimum absolute atomic E-state index is 0.148. The van der Waals surface area contributed by atoms with Gasteiger partial charge >= 0.3 is 5.97 Å². The number of Topliss-reactive ketones (excluding diaryl/α,β-unsaturated/α-hetero) is 1. The number of ether oxygens (including phenoxy) is 2. The fraction of sp³-hybridized carbons (Fsp3) is 0.474. The van der Waals surface area contributed by atoms with Gasteiger partial charge in [0, 0.05) is 10.9 Å². The van der Waals surface area contributed by atoms with E-state index in [0.717, 1.165) is 10.0 Å². The summed E-state index contributed by atoms with van der Waals surface area (Å²) in [6, 6.07) is 7.84. The third kappa shape index (κ3) is 8.41. The molecule has 4 nitrogen and oxygen atoms in total. The standard InChI is InChI=1S/C19H25BrO4/c1-5-6-17(14-7-9-15(20)10-8-14)23-12-11-16(21)13-18(22)24-19(2,3)4/h5,7-10,17H,1,6,11-13H2,2-4H3/t17-/m0/s1. The van der Waals surface area contributed by atoms with Crippen LogP contribution in [0.1, 0.15) is 51.7 Å². The van der Waals surface area contributed by atoms with E-state index in [1.165, 1.54) is 0 Å². The molecule has 0 spiro atoms. The molecule has 1 aromatic carbocycles. The molecular formula is C19H25BrO4. The van der Waals surface area contributed by atoms with Gasteiger partial charge in [-0.2, -0.15) is 0 Å². The van der Waals surface area contributed by atoms with E-state index in [9.17, 15) is 9.59 Å². The molecule has 0 saturated carbocycles. The lowest BCUT2D eigenvalue weighted by atomic mass is 10.1. The summed E-state index contributed by atoms with van der Waals surface area (Å²) in [4.78, 5) is 23.5. The van der Waals surface area contributed by atoms with E-state index in [1.807, 2.05) is 24.3 Å². The number of rotatable bonds is 9. The second-order valence-electron chi connectivity index (χ2n) is 6.49. The molecule has 0 unspecified atom stereocenters. The molecule has 0 aliphatic carbocycles. The number of carbonyl (C=O) groups excluding carboxylic acids is 2. The molecule has 0 amide bonds. The van der Waals surface area contributed by atoms with Crippen molar-refractivity contribution in [3.05, 3.63) is 47.0 Å². The van der Waals surface area contributed by atoms with Crippen molar-refractivity contribution >= 4 is 27.7 Å². The van der Waals surface area contributed by atoms with Crippen molar-refractivity contribution in [1.29, 1.82) is 0 Å². The Bertz CT molecular complexity index is 558. The third-order valence-corrected chi connectivity index (χ3v) is 3.61. The first-order valence-corrected chi connectivity index (χ1v) is 8.72. The van der Waals surface area contributed by atoms with Crippen LogP contribution >= 0.6 is 15.9 Å². The van der Waals surface area contributed by atoms with Gasteiger partial charge in [-0.15, -0.1) is 6.58 Å². The number of hydrogen-bond acceptors (Lipinski definition) is 4. The maximum atomic E-state index is 11.9. The van der Waals surface area contributed by atoms with Crippen molar-refractivity contribution in [3.63, 3.8) is 0 Å². The normalized spacial score (nSPS) is 12.5. The van der Waals surface area contributed by atoms with E-state index in [2.05, 4.69) is 22.5 Å². The van der Waals surface area contributed by atoms with Crippen LogP contribution in [0.3, 0.4) is 0 Å². The Morgan fingerprint density at radius 3 is 2.42 bits per heavy atom. The topological polar surface area (TPSA) is 52.6 Å². The fourth-order valence-corrected chi connectivity index (χ4v) is 2.34. The lowest BCUT2D eigenvalue weighted by Gasteiger charge is -2.19. The molecule has 132 valence electrons. The molecule has 0 heterocycles. The number of hydrogen-bond donors (Lipinski definition) is 0. The maximum Gasteiger partial charge on any atom is 0.313 e. The summed E-state index contributed by atoms with van der Waals surface area (Å²) in [6.45, 7) is 9.33. The number of halogens is 1. The third-order valence-electron chi connectivity index (χ3n) is 3.08. The Labute approximate surface area is 152 Å². The van der Waals surface area contributed by atoms with Crippen molar-refractivity contribution in [2.24, 2.45) is 0 Å². The quantitative estimate of drug-likeness (QED) is 0.342. The summed E-state index contributed by atoms with van der Waals surface area (Å²) >= 11 is 3.40. The average molecular weight is 397 g/mol. The summed E-state index contributed by atoms with van der Waals surface area (Å²) in [5, 5.41) is 0. The first-order chi connectivity index (χ1) is 11.2. The minimum atomic E-state index is -0.579. The molecule has 0 bridgehead atoms. The van der Waals surface area contributed by atoms with Crippen molar-refractivity contribution < 1.29 is 19.1 Å². The van der Waals surface area contributed by atoms with E-state index in [0.29, 0.717) is 6.42 Å². The highest BCUT2D eigenvalue weighted by atomic mass is 79.9. The van der Waals surface area contributed by atoms with Crippen molar-refractivity contribution in [1.82, 2.24) is 0 Å². The molecular weight excluding hydrogens is 372 g/mol. The van der Waals surface area contributed by atoms with Gasteiger partial charge in [0.1, 0.15) is 17.8 Å². The lowest BCUT2D eigenvalue weighted by molar-refractivity contribution is -0.156. The first kappa shape index (κ1) is 20.6. The highest BCUT2D eigenvalue weighted by Gasteiger charge is 2.19. The van der Waals surface area contributed by atoms with Gasteiger partial charge in [-0.3, -0.25) is 9.59 Å². The number of carbonyl (C=O) groups is 2. The number of esters is 1. The Morgan fingerprint density at radius 1 is 1.25 bits per heavy atom. The summed E-state index contributed by atoms with van der Waals surface area (Å²) < 4.78 is 11.9. The lowest BCUT2D eigenvalue weighted by Crippen LogP contribution is -2.25. The van der Waals surface area contributed by atoms with Crippen LogP contribution in [0.25, 0.3) is 0 Å². The van der Waals surface area contributed by atoms with Crippen LogP contribution in [0, 0.1) is 0 Å². The molecule has 0 aromatic heterocycles. The molecule has 24 heavy (non-hydrogen) atoms. The Kier molecular flexibility index (Phi) is 8.36. The van der Waals surface area contributed by atoms with Gasteiger partial charge in [0.25, 0.3) is 0 Å². The second kappa shape index (κ2) is 9.74. The summed E-state index contributed by atoms with van der Waals surface area (Å²) in [5.74, 6) is -0.680. The number of ketones is 1. The van der Waals surface area contributed by atoms with Crippen molar-refractivity contribution in [3.8, 4) is 0 Å². The SMILES string of the molecule is C=CC[C@H](OCCC(=O)CC(=O)OC(C)(C)C)c1ccc(Br)cc1. The molecule has 0 saturated heterocycles. The van der Waals surface area contributed by atoms with E-state index < -0.39 is 11.6 Å². The zero-order valence-corrected chi connectivity index (χ0v) is 16.1. The predicted molar refractivity (Wildman–Crippen MR) is 97.7 cm³/mol. The van der Waals surface area contributed by atoms with Crippen LogP contribution in [0.2, 0.25) is 0 Å². The Hall–Kier alpha value is -1.46. The van der Waals surface area contributed by atoms with E-state index in [-0.39, 0.29) is 31.3 Å². The molecule has 1 atom stereocenters. The molecule has 0 radical (unpaired) electrons. The van der Waals surface area contributed by atoms with Gasteiger partial charge in [-0.05, 0) is 44.9 Å². The minimum Gasteiger partial charge on any atom is -0.460 e. The van der Waals surface area contributed by atoms with Crippen LogP contribution in [0.5, 0.6) is 0 Å². The zero-order valence-electron chi connectivity index (χ0n) is 14.5. The van der Waals surface area contributed by atoms with Crippen molar-refractivity contribution in [2.45, 2.75) is 51.7 Å². The predicted octanol–water partition coefficient (Wildman–Crippen LogP) is 4.77. The largest absolute Gasteiger partial charge is 0.460 e. The smallest absolute Gasteiger partial charge is 0.313 e. The van der Waals surface area contributed by atoms with Crippen LogP contribution in [0.15, 0.2) is 41.4 Å². The van der Waals surface area contributed by atoms with Gasteiger partial charge in [0.15, 0.2) is 0 Å². The number of benzene rings is 1. The van der Waals surface area contributed by atoms with Gasteiger partial charge in [-0.25, -0.2) is 0 Å². The maximum absolute atomic E-state index is 11.9. The first-order valence-electron chi connectivity index (χ1n) is 7.93. The summed E-state index contributed by atoms with van der Waals surface area (Å²) in [6.07, 6.45) is 2.26. The van der Waals surface area contributed by atoms with Crippen LogP contribution in [-0.2, 0) is 19.1 Å². The summed E-state index contributed by atoms with van der Waals surface area (Å²) in [5.41, 5.74) is 0.447.